The molecule has 2 aromatic carbocycles. The molecule has 1 N–H and O–H groups in total. The molecule has 0 amide bonds. The third kappa shape index (κ3) is 4.31. The lowest BCUT2D eigenvalue weighted by Crippen LogP contribution is -2.23. The topological polar surface area (TPSA) is 50.4 Å². The Kier molecular flexibility index (Phi) is 6.00. The second-order valence-electron chi connectivity index (χ2n) is 7.46. The minimum Gasteiger partial charge on any atom is -0.493 e. The first-order valence-corrected chi connectivity index (χ1v) is 10.1. The van der Waals surface area contributed by atoms with Crippen molar-refractivity contribution >= 4 is 10.9 Å². The van der Waals surface area contributed by atoms with Crippen LogP contribution in [0, 0.1) is 6.92 Å². The van der Waals surface area contributed by atoms with Crippen molar-refractivity contribution in [3.63, 3.8) is 0 Å². The lowest BCUT2D eigenvalue weighted by Gasteiger charge is -2.23. The minimum atomic E-state index is 0.744. The van der Waals surface area contributed by atoms with E-state index in [9.17, 15) is 0 Å². The predicted molar refractivity (Wildman–Crippen MR) is 120 cm³/mol. The van der Waals surface area contributed by atoms with E-state index in [1.807, 2.05) is 18.5 Å². The van der Waals surface area contributed by atoms with Gasteiger partial charge in [-0.15, -0.1) is 0 Å². The second kappa shape index (κ2) is 9.01. The maximum absolute atomic E-state index is 5.50. The van der Waals surface area contributed by atoms with E-state index in [0.29, 0.717) is 0 Å². The van der Waals surface area contributed by atoms with Crippen molar-refractivity contribution in [1.82, 2.24) is 14.9 Å². The van der Waals surface area contributed by atoms with Gasteiger partial charge in [-0.2, -0.15) is 0 Å². The first-order valence-electron chi connectivity index (χ1n) is 10.1. The van der Waals surface area contributed by atoms with Crippen LogP contribution in [0.4, 0.5) is 0 Å². The molecule has 154 valence electrons. The monoisotopic (exact) mass is 401 g/mol. The summed E-state index contributed by atoms with van der Waals surface area (Å²) in [7, 11) is 3.33. The van der Waals surface area contributed by atoms with Gasteiger partial charge in [-0.1, -0.05) is 24.3 Å². The number of nitrogens with one attached hydrogen (secondary N) is 1. The van der Waals surface area contributed by atoms with Gasteiger partial charge in [0, 0.05) is 48.6 Å². The number of aromatic nitrogens is 2. The molecule has 0 aliphatic carbocycles. The van der Waals surface area contributed by atoms with Gasteiger partial charge in [0.2, 0.25) is 0 Å². The fourth-order valence-corrected chi connectivity index (χ4v) is 3.87. The summed E-state index contributed by atoms with van der Waals surface area (Å²) in [5.74, 6) is 1.49. The summed E-state index contributed by atoms with van der Waals surface area (Å²) < 4.78 is 10.9. The summed E-state index contributed by atoms with van der Waals surface area (Å²) in [5, 5.41) is 1.28. The first-order chi connectivity index (χ1) is 14.7. The highest BCUT2D eigenvalue weighted by molar-refractivity contribution is 5.84. The predicted octanol–water partition coefficient (Wildman–Crippen LogP) is 5.09. The summed E-state index contributed by atoms with van der Waals surface area (Å²) in [6.45, 7) is 4.62. The van der Waals surface area contributed by atoms with E-state index < -0.39 is 0 Å². The van der Waals surface area contributed by atoms with E-state index in [1.165, 1.54) is 33.3 Å². The molecule has 4 rings (SSSR count). The van der Waals surface area contributed by atoms with Crippen molar-refractivity contribution < 1.29 is 9.47 Å². The van der Waals surface area contributed by atoms with Crippen molar-refractivity contribution in [3.05, 3.63) is 89.4 Å². The van der Waals surface area contributed by atoms with Crippen LogP contribution in [0.25, 0.3) is 10.9 Å². The van der Waals surface area contributed by atoms with Crippen LogP contribution in [0.5, 0.6) is 11.5 Å². The number of methoxy groups -OCH3 is 2. The summed E-state index contributed by atoms with van der Waals surface area (Å²) in [4.78, 5) is 10.2. The van der Waals surface area contributed by atoms with Crippen molar-refractivity contribution in [2.45, 2.75) is 26.6 Å². The third-order valence-electron chi connectivity index (χ3n) is 5.46. The standard InChI is InChI=1S/C25H27N3O2/c1-18-21-6-4-5-7-22(21)27-23(18)17-28(15-19-10-12-26-13-11-19)16-20-8-9-24(29-2)25(14-20)30-3/h4-14,27H,15-17H2,1-3H3. The zero-order chi connectivity index (χ0) is 20.9. The highest BCUT2D eigenvalue weighted by atomic mass is 16.5. The van der Waals surface area contributed by atoms with Gasteiger partial charge in [-0.3, -0.25) is 9.88 Å². The molecule has 0 bridgehead atoms. The van der Waals surface area contributed by atoms with Gasteiger partial charge in [0.05, 0.1) is 14.2 Å². The molecule has 0 saturated heterocycles. The van der Waals surface area contributed by atoms with Gasteiger partial charge in [-0.05, 0) is 53.9 Å². The highest BCUT2D eigenvalue weighted by Gasteiger charge is 2.14. The molecule has 0 saturated carbocycles. The number of hydrogen-bond acceptors (Lipinski definition) is 4. The van der Waals surface area contributed by atoms with E-state index in [2.05, 4.69) is 70.3 Å². The van der Waals surface area contributed by atoms with Crippen LogP contribution in [0.2, 0.25) is 0 Å². The van der Waals surface area contributed by atoms with Crippen LogP contribution >= 0.6 is 0 Å². The molecule has 30 heavy (non-hydrogen) atoms. The van der Waals surface area contributed by atoms with Crippen LogP contribution in [-0.2, 0) is 19.6 Å². The number of pyridine rings is 1. The van der Waals surface area contributed by atoms with Crippen molar-refractivity contribution in [2.75, 3.05) is 14.2 Å². The van der Waals surface area contributed by atoms with Gasteiger partial charge < -0.3 is 14.5 Å². The van der Waals surface area contributed by atoms with Gasteiger partial charge in [-0.25, -0.2) is 0 Å². The lowest BCUT2D eigenvalue weighted by atomic mass is 10.1. The molecule has 0 atom stereocenters. The molecule has 0 aliphatic heterocycles. The summed E-state index contributed by atoms with van der Waals surface area (Å²) in [5.41, 5.74) is 6.14. The second-order valence-corrected chi connectivity index (χ2v) is 7.46. The van der Waals surface area contributed by atoms with Gasteiger partial charge in [0.15, 0.2) is 11.5 Å². The Morgan fingerprint density at radius 2 is 1.57 bits per heavy atom. The quantitative estimate of drug-likeness (QED) is 0.447. The summed E-state index contributed by atoms with van der Waals surface area (Å²) in [6.07, 6.45) is 3.69. The maximum Gasteiger partial charge on any atom is 0.161 e. The molecule has 0 radical (unpaired) electrons. The van der Waals surface area contributed by atoms with E-state index >= 15 is 0 Å². The van der Waals surface area contributed by atoms with Crippen LogP contribution < -0.4 is 9.47 Å². The van der Waals surface area contributed by atoms with Crippen LogP contribution in [0.15, 0.2) is 67.0 Å². The third-order valence-corrected chi connectivity index (χ3v) is 5.46. The van der Waals surface area contributed by atoms with Gasteiger partial charge in [0.1, 0.15) is 0 Å². The summed E-state index contributed by atoms with van der Waals surface area (Å²) >= 11 is 0. The number of hydrogen-bond donors (Lipinski definition) is 1. The van der Waals surface area contributed by atoms with E-state index in [0.717, 1.165) is 31.1 Å². The lowest BCUT2D eigenvalue weighted by molar-refractivity contribution is 0.244. The molecular formula is C25H27N3O2. The molecule has 5 nitrogen and oxygen atoms in total. The van der Waals surface area contributed by atoms with Crippen molar-refractivity contribution in [1.29, 1.82) is 0 Å². The number of para-hydroxylation sites is 1. The molecule has 2 heterocycles. The Hall–Kier alpha value is -3.31. The Morgan fingerprint density at radius 1 is 0.833 bits per heavy atom. The molecule has 0 spiro atoms. The molecule has 0 unspecified atom stereocenters. The first kappa shape index (κ1) is 20.0. The van der Waals surface area contributed by atoms with Gasteiger partial charge in [0.25, 0.3) is 0 Å². The Bertz CT molecular complexity index is 1120. The Labute approximate surface area is 177 Å². The number of rotatable bonds is 8. The SMILES string of the molecule is COc1ccc(CN(Cc2ccncc2)Cc2[nH]c3ccccc3c2C)cc1OC. The highest BCUT2D eigenvalue weighted by Crippen LogP contribution is 2.29. The fourth-order valence-electron chi connectivity index (χ4n) is 3.87. The zero-order valence-corrected chi connectivity index (χ0v) is 17.7. The largest absolute Gasteiger partial charge is 0.493 e. The molecule has 5 heteroatoms. The average Bonchev–Trinajstić information content (AvgIpc) is 3.09. The van der Waals surface area contributed by atoms with Gasteiger partial charge >= 0.3 is 0 Å². The molecular weight excluding hydrogens is 374 g/mol. The Balaban J connectivity index is 1.63. The Morgan fingerprint density at radius 3 is 2.30 bits per heavy atom. The molecule has 0 aliphatic rings. The molecule has 4 aromatic rings. The average molecular weight is 402 g/mol. The minimum absolute atomic E-state index is 0.744. The zero-order valence-electron chi connectivity index (χ0n) is 17.7. The van der Waals surface area contributed by atoms with E-state index in [1.54, 1.807) is 14.2 Å². The molecule has 2 aromatic heterocycles. The number of nitrogens with zero attached hydrogens (tertiary/aromatic N) is 2. The number of benzene rings is 2. The maximum atomic E-state index is 5.50. The number of aromatic amines is 1. The number of aryl methyl sites for hydroxylation is 1. The number of ether oxygens (including phenoxy) is 2. The van der Waals surface area contributed by atoms with E-state index in [-0.39, 0.29) is 0 Å². The van der Waals surface area contributed by atoms with Crippen LogP contribution in [-0.4, -0.2) is 29.1 Å². The number of H-pyrrole nitrogens is 1. The normalized spacial score (nSPS) is 11.2. The smallest absolute Gasteiger partial charge is 0.161 e. The van der Waals surface area contributed by atoms with Crippen molar-refractivity contribution in [3.8, 4) is 11.5 Å². The summed E-state index contributed by atoms with van der Waals surface area (Å²) in [6, 6.07) is 18.7. The fraction of sp³-hybridized carbons (Fsp3) is 0.240. The van der Waals surface area contributed by atoms with Crippen LogP contribution in [0.1, 0.15) is 22.4 Å². The number of fused-ring (bicyclic) bond motifs is 1. The van der Waals surface area contributed by atoms with Crippen molar-refractivity contribution in [2.24, 2.45) is 0 Å². The molecule has 0 fully saturated rings. The van der Waals surface area contributed by atoms with Crippen LogP contribution in [0.3, 0.4) is 0 Å². The van der Waals surface area contributed by atoms with E-state index in [4.69, 9.17) is 9.47 Å².